The monoisotopic (exact) mass is 576 g/mol. The quantitative estimate of drug-likeness (QED) is 0.248. The van der Waals surface area contributed by atoms with Gasteiger partial charge in [-0.05, 0) is 77.9 Å². The maximum Gasteiger partial charge on any atom is 0.228 e. The molecule has 43 heavy (non-hydrogen) atoms. The molecule has 3 aliphatic rings. The van der Waals surface area contributed by atoms with Gasteiger partial charge in [-0.3, -0.25) is 14.7 Å². The van der Waals surface area contributed by atoms with E-state index in [1.165, 1.54) is 11.6 Å². The highest BCUT2D eigenvalue weighted by molar-refractivity contribution is 5.99. The lowest BCUT2D eigenvalue weighted by molar-refractivity contribution is -0.115. The first-order chi connectivity index (χ1) is 20.9. The Bertz CT molecular complexity index is 1690. The zero-order valence-corrected chi connectivity index (χ0v) is 24.8. The van der Waals surface area contributed by atoms with Gasteiger partial charge in [-0.1, -0.05) is 50.2 Å². The Labute approximate surface area is 252 Å². The average molecular weight is 577 g/mol. The van der Waals surface area contributed by atoms with E-state index in [1.807, 2.05) is 30.5 Å². The number of likely N-dealkylation sites (tertiary alicyclic amines) is 1. The molecule has 0 saturated carbocycles. The van der Waals surface area contributed by atoms with Crippen LogP contribution in [0.1, 0.15) is 49.3 Å². The smallest absolute Gasteiger partial charge is 0.228 e. The van der Waals surface area contributed by atoms with Crippen LogP contribution in [0.5, 0.6) is 11.5 Å². The molecule has 3 aromatic carbocycles. The van der Waals surface area contributed by atoms with Gasteiger partial charge in [0, 0.05) is 49.0 Å². The zero-order valence-electron chi connectivity index (χ0n) is 24.8. The molecule has 0 aliphatic carbocycles. The predicted octanol–water partition coefficient (Wildman–Crippen LogP) is 7.40. The SMILES string of the molecule is CC(C)c1ccccc1-c1cc(F)ccc1Oc1cnccc1N1CCC2(CCN(Cc3ccc4c(c3)NC(=O)C4)C2)C1. The number of rotatable bonds is 7. The Kier molecular flexibility index (Phi) is 7.14. The van der Waals surface area contributed by atoms with Crippen molar-refractivity contribution in [3.8, 4) is 22.6 Å². The van der Waals surface area contributed by atoms with Crippen LogP contribution in [-0.4, -0.2) is 42.0 Å². The number of carbonyl (C=O) groups excluding carboxylic acids is 1. The molecule has 220 valence electrons. The summed E-state index contributed by atoms with van der Waals surface area (Å²) in [5.41, 5.74) is 7.42. The number of benzene rings is 3. The van der Waals surface area contributed by atoms with Crippen molar-refractivity contribution in [2.75, 3.05) is 36.4 Å². The fourth-order valence-electron chi connectivity index (χ4n) is 7.13. The number of aromatic nitrogens is 1. The van der Waals surface area contributed by atoms with E-state index in [4.69, 9.17) is 4.74 Å². The first kappa shape index (κ1) is 27.6. The number of ether oxygens (including phenoxy) is 1. The van der Waals surface area contributed by atoms with Crippen molar-refractivity contribution in [3.63, 3.8) is 0 Å². The molecular weight excluding hydrogens is 539 g/mol. The number of hydrogen-bond donors (Lipinski definition) is 1. The molecular formula is C36H37FN4O2. The van der Waals surface area contributed by atoms with Crippen molar-refractivity contribution < 1.29 is 13.9 Å². The number of carbonyl (C=O) groups is 1. The third kappa shape index (κ3) is 5.50. The molecule has 7 rings (SSSR count). The van der Waals surface area contributed by atoms with Crippen LogP contribution in [0.3, 0.4) is 0 Å². The van der Waals surface area contributed by atoms with E-state index >= 15 is 0 Å². The van der Waals surface area contributed by atoms with E-state index in [9.17, 15) is 9.18 Å². The van der Waals surface area contributed by atoms with Crippen molar-refractivity contribution >= 4 is 17.3 Å². The van der Waals surface area contributed by atoms with Gasteiger partial charge >= 0.3 is 0 Å². The molecule has 3 aliphatic heterocycles. The molecule has 1 N–H and O–H groups in total. The van der Waals surface area contributed by atoms with Crippen LogP contribution >= 0.6 is 0 Å². The first-order valence-electron chi connectivity index (χ1n) is 15.3. The summed E-state index contributed by atoms with van der Waals surface area (Å²) in [6, 6.07) is 21.3. The Hall–Kier alpha value is -4.23. The predicted molar refractivity (Wildman–Crippen MR) is 168 cm³/mol. The first-order valence-corrected chi connectivity index (χ1v) is 15.3. The van der Waals surface area contributed by atoms with E-state index in [1.54, 1.807) is 18.3 Å². The van der Waals surface area contributed by atoms with E-state index in [0.29, 0.717) is 17.9 Å². The van der Waals surface area contributed by atoms with Gasteiger partial charge in [0.15, 0.2) is 5.75 Å². The molecule has 1 amide bonds. The van der Waals surface area contributed by atoms with Gasteiger partial charge in [0.05, 0.1) is 18.3 Å². The minimum Gasteiger partial charge on any atom is -0.453 e. The number of hydrogen-bond acceptors (Lipinski definition) is 5. The van der Waals surface area contributed by atoms with Crippen molar-refractivity contribution in [1.29, 1.82) is 0 Å². The summed E-state index contributed by atoms with van der Waals surface area (Å²) >= 11 is 0. The largest absolute Gasteiger partial charge is 0.453 e. The van der Waals surface area contributed by atoms with Gasteiger partial charge in [0.2, 0.25) is 5.91 Å². The molecule has 7 heteroatoms. The second-order valence-electron chi connectivity index (χ2n) is 12.7. The van der Waals surface area contributed by atoms with E-state index in [2.05, 4.69) is 58.2 Å². The van der Waals surface area contributed by atoms with Gasteiger partial charge in [0.1, 0.15) is 11.6 Å². The van der Waals surface area contributed by atoms with Crippen LogP contribution < -0.4 is 15.0 Å². The summed E-state index contributed by atoms with van der Waals surface area (Å²) in [5.74, 6) is 1.38. The lowest BCUT2D eigenvalue weighted by atomic mass is 9.86. The number of amides is 1. The third-order valence-corrected chi connectivity index (χ3v) is 9.30. The minimum atomic E-state index is -0.288. The van der Waals surface area contributed by atoms with Gasteiger partial charge in [-0.2, -0.15) is 0 Å². The summed E-state index contributed by atoms with van der Waals surface area (Å²) in [5, 5.41) is 2.98. The normalized spacial score (nSPS) is 19.8. The highest BCUT2D eigenvalue weighted by Crippen LogP contribution is 2.45. The Balaban J connectivity index is 1.09. The minimum absolute atomic E-state index is 0.0776. The Morgan fingerprint density at radius 2 is 1.84 bits per heavy atom. The van der Waals surface area contributed by atoms with Crippen LogP contribution in [0, 0.1) is 11.2 Å². The van der Waals surface area contributed by atoms with Gasteiger partial charge in [0.25, 0.3) is 0 Å². The fourth-order valence-corrected chi connectivity index (χ4v) is 7.13. The van der Waals surface area contributed by atoms with Crippen molar-refractivity contribution in [2.45, 2.75) is 45.6 Å². The maximum absolute atomic E-state index is 14.5. The van der Waals surface area contributed by atoms with Crippen LogP contribution in [0.25, 0.3) is 11.1 Å². The second-order valence-corrected chi connectivity index (χ2v) is 12.7. The summed E-state index contributed by atoms with van der Waals surface area (Å²) in [6.45, 7) is 9.20. The van der Waals surface area contributed by atoms with E-state index < -0.39 is 0 Å². The number of nitrogens with zero attached hydrogens (tertiary/aromatic N) is 3. The molecule has 6 nitrogen and oxygen atoms in total. The molecule has 4 heterocycles. The van der Waals surface area contributed by atoms with Crippen molar-refractivity contribution in [1.82, 2.24) is 9.88 Å². The highest BCUT2D eigenvalue weighted by atomic mass is 19.1. The van der Waals surface area contributed by atoms with Crippen molar-refractivity contribution in [2.24, 2.45) is 5.41 Å². The van der Waals surface area contributed by atoms with Crippen LogP contribution in [0.15, 0.2) is 79.1 Å². The number of pyridine rings is 1. The molecule has 2 fully saturated rings. The van der Waals surface area contributed by atoms with Gasteiger partial charge < -0.3 is 15.0 Å². The number of nitrogens with one attached hydrogen (secondary N) is 1. The zero-order chi connectivity index (χ0) is 29.6. The van der Waals surface area contributed by atoms with Crippen LogP contribution in [0.4, 0.5) is 15.8 Å². The van der Waals surface area contributed by atoms with Crippen LogP contribution in [0.2, 0.25) is 0 Å². The number of halogens is 1. The number of fused-ring (bicyclic) bond motifs is 1. The molecule has 1 aromatic heterocycles. The van der Waals surface area contributed by atoms with Crippen molar-refractivity contribution in [3.05, 3.63) is 102 Å². The standard InChI is InChI=1S/C36H37FN4O2/c1-24(2)28-5-3-4-6-29(28)30-19-27(37)9-10-33(30)43-34-20-38-14-11-32(34)41-16-13-36(23-41)12-15-40(22-36)21-25-7-8-26-18-35(42)39-31(26)17-25/h3-11,14,17,19-20,24H,12-13,15-16,18,21-23H2,1-2H3,(H,39,42). The molecule has 1 unspecified atom stereocenters. The average Bonchev–Trinajstić information content (AvgIpc) is 3.71. The Morgan fingerprint density at radius 3 is 2.72 bits per heavy atom. The summed E-state index contributed by atoms with van der Waals surface area (Å²) in [4.78, 5) is 21.1. The second kappa shape index (κ2) is 11.1. The molecule has 1 spiro atoms. The summed E-state index contributed by atoms with van der Waals surface area (Å²) < 4.78 is 21.1. The maximum atomic E-state index is 14.5. The fraction of sp³-hybridized carbons (Fsp3) is 0.333. The lowest BCUT2D eigenvalue weighted by Crippen LogP contribution is -2.30. The molecule has 4 aromatic rings. The molecule has 2 saturated heterocycles. The molecule has 1 atom stereocenters. The van der Waals surface area contributed by atoms with Gasteiger partial charge in [-0.15, -0.1) is 0 Å². The lowest BCUT2D eigenvalue weighted by Gasteiger charge is -2.27. The summed E-state index contributed by atoms with van der Waals surface area (Å²) in [6.07, 6.45) is 6.35. The van der Waals surface area contributed by atoms with Crippen LogP contribution in [-0.2, 0) is 17.8 Å². The number of anilines is 2. The molecule has 0 bridgehead atoms. The topological polar surface area (TPSA) is 57.7 Å². The van der Waals surface area contributed by atoms with Gasteiger partial charge in [-0.25, -0.2) is 4.39 Å². The third-order valence-electron chi connectivity index (χ3n) is 9.30. The summed E-state index contributed by atoms with van der Waals surface area (Å²) in [7, 11) is 0. The van der Waals surface area contributed by atoms with E-state index in [-0.39, 0.29) is 23.1 Å². The van der Waals surface area contributed by atoms with E-state index in [0.717, 1.165) is 79.2 Å². The molecule has 0 radical (unpaired) electrons. The highest BCUT2D eigenvalue weighted by Gasteiger charge is 2.44. The Morgan fingerprint density at radius 1 is 0.977 bits per heavy atom.